The summed E-state index contributed by atoms with van der Waals surface area (Å²) in [7, 11) is 3.06. The Balaban J connectivity index is 2.05. The standard InChI is InChI=1S/C20H16F2O4S/c1-10-13(6-11-7-14(21)18(23)15(22)8-11)20(24)27-19(10)12-4-5-16(25-2)17(9-12)26-3/h4-9,23H,1-3H3/b13-6-. The highest BCUT2D eigenvalue weighted by Crippen LogP contribution is 2.45. The van der Waals surface area contributed by atoms with E-state index in [0.29, 0.717) is 22.6 Å². The molecular weight excluding hydrogens is 374 g/mol. The van der Waals surface area contributed by atoms with Crippen LogP contribution in [-0.4, -0.2) is 24.4 Å². The van der Waals surface area contributed by atoms with Gasteiger partial charge in [-0.2, -0.15) is 0 Å². The number of rotatable bonds is 4. The van der Waals surface area contributed by atoms with Gasteiger partial charge in [0.05, 0.1) is 14.2 Å². The number of carbonyl (C=O) groups is 1. The number of hydrogen-bond donors (Lipinski definition) is 1. The fraction of sp³-hybridized carbons (Fsp3) is 0.150. The maximum atomic E-state index is 13.6. The predicted octanol–water partition coefficient (Wildman–Crippen LogP) is 4.78. The van der Waals surface area contributed by atoms with Crippen molar-refractivity contribution < 1.29 is 28.2 Å². The fourth-order valence-electron chi connectivity index (χ4n) is 2.75. The minimum absolute atomic E-state index is 0.152. The van der Waals surface area contributed by atoms with Crippen LogP contribution in [0.25, 0.3) is 11.0 Å². The molecule has 0 spiro atoms. The molecule has 0 radical (unpaired) electrons. The van der Waals surface area contributed by atoms with E-state index in [-0.39, 0.29) is 10.7 Å². The quantitative estimate of drug-likeness (QED) is 0.762. The van der Waals surface area contributed by atoms with Crippen molar-refractivity contribution in [3.8, 4) is 17.2 Å². The molecule has 1 aliphatic heterocycles. The molecule has 1 N–H and O–H groups in total. The number of aromatic hydroxyl groups is 1. The van der Waals surface area contributed by atoms with Crippen molar-refractivity contribution in [1.82, 2.24) is 0 Å². The summed E-state index contributed by atoms with van der Waals surface area (Å²) < 4.78 is 37.6. The van der Waals surface area contributed by atoms with Crippen LogP contribution in [-0.2, 0) is 4.79 Å². The summed E-state index contributed by atoms with van der Waals surface area (Å²) in [5.41, 5.74) is 1.95. The monoisotopic (exact) mass is 390 g/mol. The first-order valence-electron chi connectivity index (χ1n) is 7.91. The Morgan fingerprint density at radius 2 is 1.67 bits per heavy atom. The molecule has 0 saturated carbocycles. The van der Waals surface area contributed by atoms with Gasteiger partial charge in [0.25, 0.3) is 0 Å². The molecule has 4 nitrogen and oxygen atoms in total. The zero-order valence-electron chi connectivity index (χ0n) is 14.8. The number of carbonyl (C=O) groups excluding carboxylic acids is 1. The second-order valence-electron chi connectivity index (χ2n) is 5.80. The van der Waals surface area contributed by atoms with Crippen LogP contribution in [0.3, 0.4) is 0 Å². The van der Waals surface area contributed by atoms with Crippen LogP contribution in [0.4, 0.5) is 8.78 Å². The normalized spacial score (nSPS) is 15.6. The molecule has 2 aromatic rings. The maximum Gasteiger partial charge on any atom is 0.224 e. The number of benzene rings is 2. The first kappa shape index (κ1) is 19.0. The Labute approximate surface area is 159 Å². The van der Waals surface area contributed by atoms with E-state index in [0.717, 1.165) is 34.4 Å². The van der Waals surface area contributed by atoms with Gasteiger partial charge in [-0.1, -0.05) is 0 Å². The molecule has 0 amide bonds. The van der Waals surface area contributed by atoms with Gasteiger partial charge in [-0.25, -0.2) is 8.78 Å². The molecular formula is C20H16F2O4S. The van der Waals surface area contributed by atoms with Gasteiger partial charge in [0.15, 0.2) is 28.9 Å². The summed E-state index contributed by atoms with van der Waals surface area (Å²) >= 11 is 1.04. The summed E-state index contributed by atoms with van der Waals surface area (Å²) in [6, 6.07) is 7.27. The smallest absolute Gasteiger partial charge is 0.224 e. The number of thioether (sulfide) groups is 1. The van der Waals surface area contributed by atoms with E-state index in [1.54, 1.807) is 19.1 Å². The summed E-state index contributed by atoms with van der Waals surface area (Å²) in [6.07, 6.45) is 1.41. The van der Waals surface area contributed by atoms with Gasteiger partial charge in [-0.15, -0.1) is 0 Å². The molecule has 140 valence electrons. The van der Waals surface area contributed by atoms with Crippen molar-refractivity contribution in [2.24, 2.45) is 0 Å². The molecule has 0 saturated heterocycles. The summed E-state index contributed by atoms with van der Waals surface area (Å²) in [6.45, 7) is 1.77. The zero-order valence-corrected chi connectivity index (χ0v) is 15.6. The van der Waals surface area contributed by atoms with Crippen LogP contribution in [0.5, 0.6) is 17.2 Å². The molecule has 1 aliphatic rings. The third-order valence-electron chi connectivity index (χ3n) is 4.16. The second-order valence-corrected chi connectivity index (χ2v) is 6.79. The number of ether oxygens (including phenoxy) is 2. The number of phenolic OH excluding ortho intramolecular Hbond substituents is 1. The van der Waals surface area contributed by atoms with E-state index in [9.17, 15) is 18.7 Å². The molecule has 1 heterocycles. The topological polar surface area (TPSA) is 55.8 Å². The van der Waals surface area contributed by atoms with Crippen LogP contribution in [0.2, 0.25) is 0 Å². The van der Waals surface area contributed by atoms with Crippen molar-refractivity contribution >= 4 is 27.9 Å². The Morgan fingerprint density at radius 1 is 1.04 bits per heavy atom. The summed E-state index contributed by atoms with van der Waals surface area (Å²) in [4.78, 5) is 13.2. The molecule has 0 aromatic heterocycles. The largest absolute Gasteiger partial charge is 0.503 e. The maximum absolute atomic E-state index is 13.6. The fourth-order valence-corrected chi connectivity index (χ4v) is 3.77. The third kappa shape index (κ3) is 3.55. The lowest BCUT2D eigenvalue weighted by Gasteiger charge is -2.10. The average molecular weight is 390 g/mol. The number of methoxy groups -OCH3 is 2. The second kappa shape index (κ2) is 7.44. The van der Waals surface area contributed by atoms with E-state index >= 15 is 0 Å². The molecule has 0 bridgehead atoms. The summed E-state index contributed by atoms with van der Waals surface area (Å²) in [5, 5.41) is 8.97. The Hall–Kier alpha value is -2.80. The molecule has 7 heteroatoms. The SMILES string of the molecule is COc1ccc(C2=C(C)/C(=C/c3cc(F)c(O)c(F)c3)C(=O)S2)cc1OC. The van der Waals surface area contributed by atoms with E-state index in [1.165, 1.54) is 20.3 Å². The van der Waals surface area contributed by atoms with Crippen LogP contribution in [0, 0.1) is 11.6 Å². The molecule has 3 rings (SSSR count). The van der Waals surface area contributed by atoms with Crippen LogP contribution >= 0.6 is 11.8 Å². The molecule has 2 aromatic carbocycles. The third-order valence-corrected chi connectivity index (χ3v) is 5.31. The van der Waals surface area contributed by atoms with Gasteiger partial charge >= 0.3 is 0 Å². The lowest BCUT2D eigenvalue weighted by Crippen LogP contribution is -1.93. The van der Waals surface area contributed by atoms with Crippen molar-refractivity contribution in [2.75, 3.05) is 14.2 Å². The van der Waals surface area contributed by atoms with Gasteiger partial charge in [-0.3, -0.25) is 4.79 Å². The van der Waals surface area contributed by atoms with Crippen molar-refractivity contribution in [3.63, 3.8) is 0 Å². The van der Waals surface area contributed by atoms with Gasteiger partial charge in [0, 0.05) is 10.5 Å². The van der Waals surface area contributed by atoms with Gasteiger partial charge < -0.3 is 14.6 Å². The molecule has 0 aliphatic carbocycles. The van der Waals surface area contributed by atoms with E-state index < -0.39 is 17.4 Å². The van der Waals surface area contributed by atoms with Crippen molar-refractivity contribution in [3.05, 3.63) is 64.2 Å². The Morgan fingerprint density at radius 3 is 2.26 bits per heavy atom. The van der Waals surface area contributed by atoms with Gasteiger partial charge in [0.1, 0.15) is 0 Å². The lowest BCUT2D eigenvalue weighted by molar-refractivity contribution is -0.107. The van der Waals surface area contributed by atoms with Crippen molar-refractivity contribution in [1.29, 1.82) is 0 Å². The highest BCUT2D eigenvalue weighted by molar-refractivity contribution is 8.22. The minimum Gasteiger partial charge on any atom is -0.503 e. The minimum atomic E-state index is -1.08. The molecule has 0 atom stereocenters. The van der Waals surface area contributed by atoms with Crippen LogP contribution in [0.15, 0.2) is 41.5 Å². The number of hydrogen-bond acceptors (Lipinski definition) is 5. The van der Waals surface area contributed by atoms with E-state index in [2.05, 4.69) is 0 Å². The summed E-state index contributed by atoms with van der Waals surface area (Å²) in [5.74, 6) is -2.10. The molecule has 0 unspecified atom stereocenters. The first-order valence-corrected chi connectivity index (χ1v) is 8.73. The number of phenols is 1. The van der Waals surface area contributed by atoms with Gasteiger partial charge in [-0.05, 0) is 71.8 Å². The first-order chi connectivity index (χ1) is 12.8. The average Bonchev–Trinajstić information content (AvgIpc) is 2.93. The van der Waals surface area contributed by atoms with Crippen LogP contribution in [0.1, 0.15) is 18.1 Å². The molecule has 0 fully saturated rings. The van der Waals surface area contributed by atoms with Crippen molar-refractivity contribution in [2.45, 2.75) is 6.92 Å². The predicted molar refractivity (Wildman–Crippen MR) is 101 cm³/mol. The Kier molecular flexibility index (Phi) is 5.23. The van der Waals surface area contributed by atoms with Gasteiger partial charge in [0.2, 0.25) is 5.12 Å². The Bertz CT molecular complexity index is 972. The number of halogens is 2. The van der Waals surface area contributed by atoms with E-state index in [4.69, 9.17) is 9.47 Å². The lowest BCUT2D eigenvalue weighted by atomic mass is 10.0. The zero-order chi connectivity index (χ0) is 19.7. The highest BCUT2D eigenvalue weighted by atomic mass is 32.2. The van der Waals surface area contributed by atoms with E-state index in [1.807, 2.05) is 6.07 Å². The molecule has 27 heavy (non-hydrogen) atoms. The van der Waals surface area contributed by atoms with Crippen LogP contribution < -0.4 is 9.47 Å². The number of allylic oxidation sites excluding steroid dienone is 1. The highest BCUT2D eigenvalue weighted by Gasteiger charge is 2.27.